The third kappa shape index (κ3) is 5.85. The average molecular weight is 722 g/mol. The van der Waals surface area contributed by atoms with Crippen LogP contribution in [0.4, 0.5) is 0 Å². The number of ketones is 2. The van der Waals surface area contributed by atoms with Gasteiger partial charge in [0.25, 0.3) is 0 Å². The lowest BCUT2D eigenvalue weighted by atomic mass is 9.33. The summed E-state index contributed by atoms with van der Waals surface area (Å²) in [5.74, 6) is 0.546. The first kappa shape index (κ1) is 39.2. The summed E-state index contributed by atoms with van der Waals surface area (Å²) < 4.78 is 6.16. The van der Waals surface area contributed by atoms with Crippen molar-refractivity contribution in [3.63, 3.8) is 0 Å². The number of amides is 1. The van der Waals surface area contributed by atoms with Crippen molar-refractivity contribution in [2.24, 2.45) is 62.1 Å². The molecule has 4 saturated carbocycles. The van der Waals surface area contributed by atoms with Crippen molar-refractivity contribution in [1.82, 2.24) is 4.90 Å². The van der Waals surface area contributed by atoms with Gasteiger partial charge < -0.3 is 19.5 Å². The van der Waals surface area contributed by atoms with Gasteiger partial charge in [-0.05, 0) is 142 Å². The van der Waals surface area contributed by atoms with Crippen LogP contribution >= 0.6 is 0 Å². The zero-order chi connectivity index (χ0) is 38.4. The summed E-state index contributed by atoms with van der Waals surface area (Å²) in [6.45, 7) is 22.5. The molecule has 0 bridgehead atoms. The van der Waals surface area contributed by atoms with E-state index in [1.54, 1.807) is 20.8 Å². The molecule has 5 aliphatic carbocycles. The monoisotopic (exact) mass is 721 g/mol. The number of hydrogen-bond donors (Lipinski definition) is 1. The molecule has 1 saturated heterocycles. The van der Waals surface area contributed by atoms with E-state index < -0.39 is 22.8 Å². The van der Waals surface area contributed by atoms with Crippen LogP contribution in [0.1, 0.15) is 153 Å². The van der Waals surface area contributed by atoms with Crippen LogP contribution in [0.5, 0.6) is 0 Å². The Balaban J connectivity index is 1.28. The van der Waals surface area contributed by atoms with Crippen molar-refractivity contribution >= 4 is 29.4 Å². The van der Waals surface area contributed by atoms with Crippen LogP contribution in [-0.2, 0) is 28.7 Å². The second-order valence-electron chi connectivity index (χ2n) is 20.6. The van der Waals surface area contributed by atoms with E-state index in [4.69, 9.17) is 4.74 Å². The molecule has 52 heavy (non-hydrogen) atoms. The number of carboxylic acid groups (broad SMARTS) is 1. The van der Waals surface area contributed by atoms with Crippen LogP contribution in [0.15, 0.2) is 11.1 Å². The highest BCUT2D eigenvalue weighted by Crippen LogP contribution is 2.77. The zero-order valence-corrected chi connectivity index (χ0v) is 33.9. The third-order valence-corrected chi connectivity index (χ3v) is 16.7. The lowest BCUT2D eigenvalue weighted by Crippen LogP contribution is -2.66. The van der Waals surface area contributed by atoms with Gasteiger partial charge in [-0.25, -0.2) is 0 Å². The number of carbonyl (C=O) groups excluding carboxylic acids is 4. The summed E-state index contributed by atoms with van der Waals surface area (Å²) in [6, 6.07) is 0. The van der Waals surface area contributed by atoms with Crippen molar-refractivity contribution < 1.29 is 33.8 Å². The molecule has 8 nitrogen and oxygen atoms in total. The molecule has 5 fully saturated rings. The maximum atomic E-state index is 14.9. The standard InChI is InChI=1S/C44H67NO7/c1-26(2)35-30(47)24-44(37(49)45-21-15-28(16-22-45)23-27(3)46)20-19-42(9)29(36(35)44)11-12-32-41(8)17-14-33(52-34(48)25-39(4,5)38(50)51)40(6,7)31(41)13-18-43(32,42)10/h26,28-29,31-33H,11-25H2,1-10H3,(H,50,51)/t29-,31+,32-,33+,41+,42-,43-,44-/m1/s1. The average Bonchev–Trinajstić information content (AvgIpc) is 3.35. The van der Waals surface area contributed by atoms with Gasteiger partial charge in [-0.3, -0.25) is 19.2 Å². The van der Waals surface area contributed by atoms with Crippen molar-refractivity contribution in [1.29, 1.82) is 0 Å². The molecule has 8 atom stereocenters. The minimum atomic E-state index is -1.17. The van der Waals surface area contributed by atoms with Crippen molar-refractivity contribution in [2.75, 3.05) is 13.1 Å². The molecule has 8 heteroatoms. The number of allylic oxidation sites excluding steroid dienone is 1. The molecule has 1 heterocycles. The Morgan fingerprint density at radius 3 is 2.12 bits per heavy atom. The highest BCUT2D eigenvalue weighted by atomic mass is 16.5. The third-order valence-electron chi connectivity index (χ3n) is 16.7. The Morgan fingerprint density at radius 1 is 0.865 bits per heavy atom. The molecule has 0 unspecified atom stereocenters. The first-order chi connectivity index (χ1) is 24.0. The van der Waals surface area contributed by atoms with Gasteiger partial charge in [0, 0.05) is 31.3 Å². The molecular formula is C44H67NO7. The van der Waals surface area contributed by atoms with Crippen LogP contribution in [-0.4, -0.2) is 58.6 Å². The van der Waals surface area contributed by atoms with Crippen molar-refractivity contribution in [3.05, 3.63) is 11.1 Å². The number of esters is 1. The maximum Gasteiger partial charge on any atom is 0.309 e. The summed E-state index contributed by atoms with van der Waals surface area (Å²) >= 11 is 0. The Morgan fingerprint density at radius 2 is 1.52 bits per heavy atom. The molecule has 0 aromatic rings. The molecule has 1 N–H and O–H groups in total. The SMILES string of the molecule is CC(=O)CC1CCN(C(=O)[C@@]23CC[C@]4(C)[C@H](CC[C@@H]5[C@@]6(C)CC[C@H](OC(=O)CC(C)(C)C(=O)O)C(C)(C)[C@@H]6CC[C@]54C)C2=C(C(C)C)C(=O)C3)CC1. The van der Waals surface area contributed by atoms with Crippen LogP contribution in [0.3, 0.4) is 0 Å². The topological polar surface area (TPSA) is 118 Å². The first-order valence-electron chi connectivity index (χ1n) is 20.5. The summed E-state index contributed by atoms with van der Waals surface area (Å²) in [5, 5.41) is 9.61. The molecule has 1 aliphatic heterocycles. The van der Waals surface area contributed by atoms with E-state index in [2.05, 4.69) is 48.5 Å². The van der Waals surface area contributed by atoms with E-state index in [9.17, 15) is 29.1 Å². The summed E-state index contributed by atoms with van der Waals surface area (Å²) in [5.41, 5.74) is -0.0233. The van der Waals surface area contributed by atoms with Crippen LogP contribution < -0.4 is 0 Å². The normalized spacial score (nSPS) is 39.0. The fourth-order valence-electron chi connectivity index (χ4n) is 13.7. The number of ether oxygens (including phenoxy) is 1. The van der Waals surface area contributed by atoms with Gasteiger partial charge in [0.15, 0.2) is 5.78 Å². The van der Waals surface area contributed by atoms with Gasteiger partial charge in [-0.1, -0.05) is 48.5 Å². The predicted octanol–water partition coefficient (Wildman–Crippen LogP) is 8.60. The molecule has 1 amide bonds. The van der Waals surface area contributed by atoms with Gasteiger partial charge in [0.05, 0.1) is 17.3 Å². The summed E-state index contributed by atoms with van der Waals surface area (Å²) in [7, 11) is 0. The van der Waals surface area contributed by atoms with Crippen molar-refractivity contribution in [2.45, 2.75) is 159 Å². The number of fused-ring (bicyclic) bond motifs is 7. The number of likely N-dealkylation sites (tertiary alicyclic amines) is 1. The molecular weight excluding hydrogens is 654 g/mol. The zero-order valence-electron chi connectivity index (χ0n) is 33.9. The fourth-order valence-corrected chi connectivity index (χ4v) is 13.7. The number of aliphatic carboxylic acids is 1. The fraction of sp³-hybridized carbons (Fsp3) is 0.841. The molecule has 6 aliphatic rings. The van der Waals surface area contributed by atoms with Crippen molar-refractivity contribution in [3.8, 4) is 0 Å². The highest BCUT2D eigenvalue weighted by Gasteiger charge is 2.71. The van der Waals surface area contributed by atoms with E-state index in [0.717, 1.165) is 69.8 Å². The molecule has 0 aromatic carbocycles. The number of rotatable bonds is 8. The van der Waals surface area contributed by atoms with E-state index in [-0.39, 0.29) is 63.5 Å². The molecule has 0 radical (unpaired) electrons. The summed E-state index contributed by atoms with van der Waals surface area (Å²) in [6.07, 6.45) is 9.72. The number of Topliss-reactive ketones (excluding diaryl/α,β-unsaturated/α-hetero) is 2. The smallest absolute Gasteiger partial charge is 0.309 e. The van der Waals surface area contributed by atoms with Gasteiger partial charge in [-0.2, -0.15) is 0 Å². The highest BCUT2D eigenvalue weighted by molar-refractivity contribution is 6.07. The van der Waals surface area contributed by atoms with Crippen LogP contribution in [0, 0.1) is 62.1 Å². The Bertz CT molecular complexity index is 1550. The van der Waals surface area contributed by atoms with E-state index in [1.165, 1.54) is 5.57 Å². The Hall–Kier alpha value is -2.51. The van der Waals surface area contributed by atoms with Gasteiger partial charge >= 0.3 is 11.9 Å². The predicted molar refractivity (Wildman–Crippen MR) is 200 cm³/mol. The number of carbonyl (C=O) groups is 5. The lowest BCUT2D eigenvalue weighted by molar-refractivity contribution is -0.233. The quantitative estimate of drug-likeness (QED) is 0.250. The minimum absolute atomic E-state index is 0.0211. The Kier molecular flexibility index (Phi) is 9.85. The maximum absolute atomic E-state index is 14.9. The Labute approximate surface area is 312 Å². The number of nitrogens with zero attached hydrogens (tertiary/aromatic N) is 1. The minimum Gasteiger partial charge on any atom is -0.481 e. The lowest BCUT2D eigenvalue weighted by Gasteiger charge is -2.72. The molecule has 0 aromatic heterocycles. The second-order valence-corrected chi connectivity index (χ2v) is 20.6. The number of carboxylic acids is 1. The molecule has 6 rings (SSSR count). The summed E-state index contributed by atoms with van der Waals surface area (Å²) in [4.78, 5) is 67.7. The van der Waals surface area contributed by atoms with Crippen LogP contribution in [0.25, 0.3) is 0 Å². The largest absolute Gasteiger partial charge is 0.481 e. The number of hydrogen-bond acceptors (Lipinski definition) is 6. The van der Waals surface area contributed by atoms with E-state index >= 15 is 0 Å². The van der Waals surface area contributed by atoms with Gasteiger partial charge in [0.1, 0.15) is 11.9 Å². The molecule has 0 spiro atoms. The van der Waals surface area contributed by atoms with E-state index in [1.807, 2.05) is 4.90 Å². The van der Waals surface area contributed by atoms with Gasteiger partial charge in [-0.15, -0.1) is 0 Å². The second kappa shape index (κ2) is 13.1. The molecule has 290 valence electrons. The number of piperidine rings is 1. The van der Waals surface area contributed by atoms with E-state index in [0.29, 0.717) is 43.7 Å². The van der Waals surface area contributed by atoms with Crippen LogP contribution in [0.2, 0.25) is 0 Å². The van der Waals surface area contributed by atoms with Gasteiger partial charge in [0.2, 0.25) is 5.91 Å². The first-order valence-corrected chi connectivity index (χ1v) is 20.5.